The number of fused-ring (bicyclic) bond motifs is 3. The topological polar surface area (TPSA) is 12.9 Å². The standard InChI is InChI=1S/C25H17N/c1-3-9-18(10-4-1)22-15-20-13-7-8-14-21(20)25-23(16-26-17-24(22)25)19-11-5-2-6-12-19/h1-17H. The molecule has 1 nitrogen and oxygen atoms in total. The van der Waals surface area contributed by atoms with Crippen LogP contribution in [0.3, 0.4) is 0 Å². The fourth-order valence-electron chi connectivity index (χ4n) is 3.73. The summed E-state index contributed by atoms with van der Waals surface area (Å²) in [7, 11) is 0. The third kappa shape index (κ3) is 2.37. The Morgan fingerprint density at radius 2 is 1.12 bits per heavy atom. The minimum absolute atomic E-state index is 1.18. The molecule has 0 saturated carbocycles. The van der Waals surface area contributed by atoms with Crippen LogP contribution in [-0.2, 0) is 0 Å². The maximum absolute atomic E-state index is 4.58. The average Bonchev–Trinajstić information content (AvgIpc) is 2.74. The number of nitrogens with zero attached hydrogens (tertiary/aromatic N) is 1. The maximum atomic E-state index is 4.58. The molecule has 1 heterocycles. The van der Waals surface area contributed by atoms with Gasteiger partial charge in [-0.05, 0) is 33.5 Å². The first-order chi connectivity index (χ1) is 12.9. The van der Waals surface area contributed by atoms with Gasteiger partial charge in [0.1, 0.15) is 0 Å². The SMILES string of the molecule is c1ccc(-c2cc3ccccc3c3c(-c4ccccc4)cncc23)cc1. The van der Waals surface area contributed by atoms with E-state index in [0.29, 0.717) is 0 Å². The van der Waals surface area contributed by atoms with Crippen molar-refractivity contribution in [2.24, 2.45) is 0 Å². The highest BCUT2D eigenvalue weighted by atomic mass is 14.6. The lowest BCUT2D eigenvalue weighted by molar-refractivity contribution is 1.36. The van der Waals surface area contributed by atoms with Gasteiger partial charge in [-0.2, -0.15) is 0 Å². The second kappa shape index (κ2) is 6.12. The molecule has 0 atom stereocenters. The molecule has 0 aliphatic carbocycles. The maximum Gasteiger partial charge on any atom is 0.0353 e. The molecule has 0 fully saturated rings. The summed E-state index contributed by atoms with van der Waals surface area (Å²) < 4.78 is 0. The van der Waals surface area contributed by atoms with E-state index >= 15 is 0 Å². The molecule has 26 heavy (non-hydrogen) atoms. The van der Waals surface area contributed by atoms with E-state index in [1.807, 2.05) is 12.4 Å². The Morgan fingerprint density at radius 3 is 1.85 bits per heavy atom. The van der Waals surface area contributed by atoms with Gasteiger partial charge in [-0.1, -0.05) is 84.9 Å². The summed E-state index contributed by atoms with van der Waals surface area (Å²) in [4.78, 5) is 4.58. The Kier molecular flexibility index (Phi) is 3.50. The summed E-state index contributed by atoms with van der Waals surface area (Å²) in [6.45, 7) is 0. The smallest absolute Gasteiger partial charge is 0.0353 e. The summed E-state index contributed by atoms with van der Waals surface area (Å²) in [6.07, 6.45) is 3.98. The first-order valence-corrected chi connectivity index (χ1v) is 8.82. The third-order valence-corrected chi connectivity index (χ3v) is 4.94. The lowest BCUT2D eigenvalue weighted by atomic mass is 9.90. The van der Waals surface area contributed by atoms with Crippen molar-refractivity contribution in [3.05, 3.63) is 103 Å². The van der Waals surface area contributed by atoms with Crippen LogP contribution in [0.25, 0.3) is 43.8 Å². The number of rotatable bonds is 2. The van der Waals surface area contributed by atoms with E-state index < -0.39 is 0 Å². The van der Waals surface area contributed by atoms with E-state index in [1.165, 1.54) is 43.8 Å². The van der Waals surface area contributed by atoms with Crippen LogP contribution in [0.4, 0.5) is 0 Å². The first kappa shape index (κ1) is 14.9. The minimum atomic E-state index is 1.18. The van der Waals surface area contributed by atoms with Crippen molar-refractivity contribution < 1.29 is 0 Å². The molecule has 0 spiro atoms. The van der Waals surface area contributed by atoms with E-state index in [4.69, 9.17) is 0 Å². The molecule has 0 bridgehead atoms. The van der Waals surface area contributed by atoms with Gasteiger partial charge in [0.05, 0.1) is 0 Å². The normalized spacial score (nSPS) is 11.1. The summed E-state index contributed by atoms with van der Waals surface area (Å²) in [5, 5.41) is 4.98. The number of benzene rings is 4. The Hall–Kier alpha value is -3.45. The van der Waals surface area contributed by atoms with E-state index in [0.717, 1.165) is 0 Å². The lowest BCUT2D eigenvalue weighted by Gasteiger charge is -2.14. The predicted octanol–water partition coefficient (Wildman–Crippen LogP) is 6.72. The summed E-state index contributed by atoms with van der Waals surface area (Å²) in [5.74, 6) is 0. The highest BCUT2D eigenvalue weighted by Gasteiger charge is 2.13. The van der Waals surface area contributed by atoms with Crippen molar-refractivity contribution in [2.75, 3.05) is 0 Å². The zero-order chi connectivity index (χ0) is 17.3. The molecular weight excluding hydrogens is 314 g/mol. The largest absolute Gasteiger partial charge is 0.263 e. The summed E-state index contributed by atoms with van der Waals surface area (Å²) >= 11 is 0. The second-order valence-electron chi connectivity index (χ2n) is 6.49. The molecule has 0 N–H and O–H groups in total. The highest BCUT2D eigenvalue weighted by Crippen LogP contribution is 2.39. The minimum Gasteiger partial charge on any atom is -0.263 e. The Bertz CT molecular complexity index is 1170. The second-order valence-corrected chi connectivity index (χ2v) is 6.49. The molecule has 5 rings (SSSR count). The van der Waals surface area contributed by atoms with Crippen LogP contribution in [0.1, 0.15) is 0 Å². The van der Waals surface area contributed by atoms with Crippen molar-refractivity contribution in [1.29, 1.82) is 0 Å². The number of hydrogen-bond donors (Lipinski definition) is 0. The molecule has 0 saturated heterocycles. The van der Waals surface area contributed by atoms with Gasteiger partial charge in [-0.25, -0.2) is 0 Å². The van der Waals surface area contributed by atoms with Gasteiger partial charge >= 0.3 is 0 Å². The highest BCUT2D eigenvalue weighted by molar-refractivity contribution is 6.18. The van der Waals surface area contributed by atoms with Gasteiger partial charge in [0.2, 0.25) is 0 Å². The molecule has 1 heteroatoms. The Morgan fingerprint density at radius 1 is 0.500 bits per heavy atom. The number of hydrogen-bond acceptors (Lipinski definition) is 1. The van der Waals surface area contributed by atoms with Gasteiger partial charge in [-0.3, -0.25) is 4.98 Å². The van der Waals surface area contributed by atoms with E-state index in [-0.39, 0.29) is 0 Å². The van der Waals surface area contributed by atoms with Crippen LogP contribution in [-0.4, -0.2) is 4.98 Å². The van der Waals surface area contributed by atoms with Crippen LogP contribution < -0.4 is 0 Å². The zero-order valence-corrected chi connectivity index (χ0v) is 14.3. The van der Waals surface area contributed by atoms with Gasteiger partial charge in [0.25, 0.3) is 0 Å². The zero-order valence-electron chi connectivity index (χ0n) is 14.3. The third-order valence-electron chi connectivity index (χ3n) is 4.94. The van der Waals surface area contributed by atoms with Crippen molar-refractivity contribution in [2.45, 2.75) is 0 Å². The number of aromatic nitrogens is 1. The lowest BCUT2D eigenvalue weighted by Crippen LogP contribution is -1.89. The number of pyridine rings is 1. The summed E-state index contributed by atoms with van der Waals surface area (Å²) in [6, 6.07) is 32.0. The van der Waals surface area contributed by atoms with Gasteiger partial charge < -0.3 is 0 Å². The molecule has 0 amide bonds. The molecular formula is C25H17N. The van der Waals surface area contributed by atoms with Crippen molar-refractivity contribution in [3.63, 3.8) is 0 Å². The Labute approximate surface area is 152 Å². The van der Waals surface area contributed by atoms with Crippen LogP contribution >= 0.6 is 0 Å². The van der Waals surface area contributed by atoms with E-state index in [9.17, 15) is 0 Å². The fraction of sp³-hybridized carbons (Fsp3) is 0. The molecule has 5 aromatic rings. The monoisotopic (exact) mass is 331 g/mol. The molecule has 0 aliphatic heterocycles. The van der Waals surface area contributed by atoms with Crippen molar-refractivity contribution >= 4 is 21.5 Å². The average molecular weight is 331 g/mol. The molecule has 0 aliphatic rings. The Balaban J connectivity index is 1.97. The van der Waals surface area contributed by atoms with Crippen molar-refractivity contribution in [1.82, 2.24) is 4.98 Å². The van der Waals surface area contributed by atoms with Crippen LogP contribution in [0.5, 0.6) is 0 Å². The van der Waals surface area contributed by atoms with E-state index in [2.05, 4.69) is 96.0 Å². The first-order valence-electron chi connectivity index (χ1n) is 8.82. The van der Waals surface area contributed by atoms with Crippen LogP contribution in [0, 0.1) is 0 Å². The molecule has 1 aromatic heterocycles. The van der Waals surface area contributed by atoms with Gasteiger partial charge in [0.15, 0.2) is 0 Å². The molecule has 0 unspecified atom stereocenters. The van der Waals surface area contributed by atoms with E-state index in [1.54, 1.807) is 0 Å². The molecule has 0 radical (unpaired) electrons. The van der Waals surface area contributed by atoms with Crippen LogP contribution in [0.15, 0.2) is 103 Å². The van der Waals surface area contributed by atoms with Gasteiger partial charge in [-0.15, -0.1) is 0 Å². The molecule has 122 valence electrons. The van der Waals surface area contributed by atoms with Gasteiger partial charge in [0, 0.05) is 28.7 Å². The quantitative estimate of drug-likeness (QED) is 0.327. The summed E-state index contributed by atoms with van der Waals surface area (Å²) in [5.41, 5.74) is 4.82. The van der Waals surface area contributed by atoms with Crippen molar-refractivity contribution in [3.8, 4) is 22.3 Å². The predicted molar refractivity (Wildman–Crippen MR) is 110 cm³/mol. The van der Waals surface area contributed by atoms with Crippen LogP contribution in [0.2, 0.25) is 0 Å². The molecule has 4 aromatic carbocycles. The fourth-order valence-corrected chi connectivity index (χ4v) is 3.73.